The second kappa shape index (κ2) is 3.15. The van der Waals surface area contributed by atoms with Crippen molar-refractivity contribution in [2.75, 3.05) is 6.26 Å². The largest absolute Gasteiger partial charge is 0.476 e. The van der Waals surface area contributed by atoms with E-state index in [1.807, 2.05) is 0 Å². The van der Waals surface area contributed by atoms with Gasteiger partial charge in [0.15, 0.2) is 0 Å². The van der Waals surface area contributed by atoms with Crippen molar-refractivity contribution in [3.63, 3.8) is 0 Å². The lowest BCUT2D eigenvalue weighted by molar-refractivity contribution is 0.0685. The fourth-order valence-corrected chi connectivity index (χ4v) is 1.29. The molecule has 0 aromatic carbocycles. The Morgan fingerprint density at radius 3 is 2.73 bits per heavy atom. The number of halogens is 1. The Morgan fingerprint density at radius 2 is 2.45 bits per heavy atom. The fraction of sp³-hybridized carbons (Fsp3) is 0.200. The Labute approximate surface area is 71.5 Å². The summed E-state index contributed by atoms with van der Waals surface area (Å²) in [5, 5.41) is 12.1. The van der Waals surface area contributed by atoms with Crippen LogP contribution < -0.4 is 0 Å². The first-order valence-electron chi connectivity index (χ1n) is 2.59. The molecule has 1 aromatic rings. The summed E-state index contributed by atoms with van der Waals surface area (Å²) in [6, 6.07) is 0. The second-order valence-corrected chi connectivity index (χ2v) is 2.80. The molecule has 1 heterocycles. The highest BCUT2D eigenvalue weighted by atomic mass is 35.5. The standard InChI is InChI=1S/C5H4ClNO3S/c1-11-5-2(6)3(4(8)9)7-10-5/h1H3,(H,8,9). The van der Waals surface area contributed by atoms with Gasteiger partial charge in [-0.1, -0.05) is 28.5 Å². The molecule has 0 fully saturated rings. The zero-order chi connectivity index (χ0) is 8.43. The topological polar surface area (TPSA) is 63.3 Å². The van der Waals surface area contributed by atoms with Crippen molar-refractivity contribution >= 4 is 29.3 Å². The van der Waals surface area contributed by atoms with Crippen molar-refractivity contribution in [2.45, 2.75) is 5.09 Å². The Hall–Kier alpha value is -0.680. The highest BCUT2D eigenvalue weighted by Crippen LogP contribution is 2.27. The van der Waals surface area contributed by atoms with Crippen molar-refractivity contribution in [3.8, 4) is 0 Å². The van der Waals surface area contributed by atoms with Crippen LogP contribution in [0.4, 0.5) is 0 Å². The van der Waals surface area contributed by atoms with Gasteiger partial charge in [-0.3, -0.25) is 0 Å². The monoisotopic (exact) mass is 193 g/mol. The van der Waals surface area contributed by atoms with E-state index in [-0.39, 0.29) is 10.7 Å². The van der Waals surface area contributed by atoms with Crippen molar-refractivity contribution in [3.05, 3.63) is 10.7 Å². The molecule has 60 valence electrons. The normalized spacial score (nSPS) is 10.0. The van der Waals surface area contributed by atoms with E-state index in [1.54, 1.807) is 6.26 Å². The molecule has 0 radical (unpaired) electrons. The fourth-order valence-electron chi connectivity index (χ4n) is 0.524. The number of hydrogen-bond donors (Lipinski definition) is 1. The van der Waals surface area contributed by atoms with Crippen LogP contribution in [-0.4, -0.2) is 22.5 Å². The van der Waals surface area contributed by atoms with Crippen LogP contribution in [0.25, 0.3) is 0 Å². The molecule has 1 aromatic heterocycles. The van der Waals surface area contributed by atoms with Crippen molar-refractivity contribution < 1.29 is 14.4 Å². The van der Waals surface area contributed by atoms with Crippen LogP contribution >= 0.6 is 23.4 Å². The van der Waals surface area contributed by atoms with Gasteiger partial charge in [0.05, 0.1) is 0 Å². The number of aromatic carboxylic acids is 1. The van der Waals surface area contributed by atoms with Gasteiger partial charge in [0.1, 0.15) is 5.02 Å². The first-order chi connectivity index (χ1) is 5.16. The maximum absolute atomic E-state index is 10.3. The van der Waals surface area contributed by atoms with E-state index in [0.29, 0.717) is 5.09 Å². The summed E-state index contributed by atoms with van der Waals surface area (Å²) in [4.78, 5) is 10.3. The number of carboxylic acids is 1. The van der Waals surface area contributed by atoms with Gasteiger partial charge in [0, 0.05) is 0 Å². The van der Waals surface area contributed by atoms with Crippen LogP contribution in [0.5, 0.6) is 0 Å². The second-order valence-electron chi connectivity index (χ2n) is 1.64. The van der Waals surface area contributed by atoms with Gasteiger partial charge >= 0.3 is 5.97 Å². The lowest BCUT2D eigenvalue weighted by Gasteiger charge is -1.85. The lowest BCUT2D eigenvalue weighted by atomic mass is 10.4. The molecule has 0 spiro atoms. The Balaban J connectivity index is 3.10. The summed E-state index contributed by atoms with van der Waals surface area (Å²) in [5.74, 6) is -1.18. The lowest BCUT2D eigenvalue weighted by Crippen LogP contribution is -1.96. The molecule has 0 atom stereocenters. The zero-order valence-corrected chi connectivity index (χ0v) is 7.07. The average molecular weight is 194 g/mol. The molecule has 0 unspecified atom stereocenters. The molecular weight excluding hydrogens is 190 g/mol. The molecule has 0 amide bonds. The van der Waals surface area contributed by atoms with Crippen LogP contribution in [-0.2, 0) is 0 Å². The predicted molar refractivity (Wildman–Crippen MR) is 40.3 cm³/mol. The molecule has 0 aliphatic carbocycles. The number of aromatic nitrogens is 1. The summed E-state index contributed by atoms with van der Waals surface area (Å²) < 4.78 is 4.61. The molecule has 4 nitrogen and oxygen atoms in total. The molecule has 0 aliphatic rings. The Morgan fingerprint density at radius 1 is 1.82 bits per heavy atom. The number of nitrogens with zero attached hydrogens (tertiary/aromatic N) is 1. The number of rotatable bonds is 2. The van der Waals surface area contributed by atoms with Gasteiger partial charge in [0.2, 0.25) is 10.8 Å². The molecule has 0 saturated carbocycles. The predicted octanol–water partition coefficient (Wildman–Crippen LogP) is 1.75. The minimum atomic E-state index is -1.18. The average Bonchev–Trinajstić information content (AvgIpc) is 2.30. The van der Waals surface area contributed by atoms with Gasteiger partial charge in [0.25, 0.3) is 0 Å². The van der Waals surface area contributed by atoms with Crippen LogP contribution in [0.2, 0.25) is 5.02 Å². The third-order valence-electron chi connectivity index (χ3n) is 0.995. The number of hydrogen-bond acceptors (Lipinski definition) is 4. The van der Waals surface area contributed by atoms with E-state index in [1.165, 1.54) is 11.8 Å². The van der Waals surface area contributed by atoms with Crippen LogP contribution in [0, 0.1) is 0 Å². The Kier molecular flexibility index (Phi) is 2.41. The van der Waals surface area contributed by atoms with Gasteiger partial charge < -0.3 is 9.63 Å². The van der Waals surface area contributed by atoms with Crippen LogP contribution in [0.15, 0.2) is 9.62 Å². The minimum Gasteiger partial charge on any atom is -0.476 e. The summed E-state index contributed by atoms with van der Waals surface area (Å²) in [5.41, 5.74) is -0.240. The van der Waals surface area contributed by atoms with Gasteiger partial charge in [-0.05, 0) is 6.26 Å². The van der Waals surface area contributed by atoms with E-state index in [0.717, 1.165) is 0 Å². The van der Waals surface area contributed by atoms with Crippen LogP contribution in [0.3, 0.4) is 0 Å². The smallest absolute Gasteiger partial charge is 0.359 e. The highest BCUT2D eigenvalue weighted by Gasteiger charge is 2.18. The van der Waals surface area contributed by atoms with E-state index in [4.69, 9.17) is 16.7 Å². The Bertz CT molecular complexity index is 285. The summed E-state index contributed by atoms with van der Waals surface area (Å²) >= 11 is 6.77. The molecule has 0 bridgehead atoms. The zero-order valence-electron chi connectivity index (χ0n) is 5.50. The van der Waals surface area contributed by atoms with Gasteiger partial charge in [-0.15, -0.1) is 0 Å². The first kappa shape index (κ1) is 8.42. The maximum Gasteiger partial charge on any atom is 0.359 e. The summed E-state index contributed by atoms with van der Waals surface area (Å²) in [6.07, 6.45) is 1.72. The van der Waals surface area contributed by atoms with Crippen LogP contribution in [0.1, 0.15) is 10.5 Å². The van der Waals surface area contributed by atoms with Gasteiger partial charge in [-0.25, -0.2) is 4.79 Å². The molecule has 11 heavy (non-hydrogen) atoms. The quantitative estimate of drug-likeness (QED) is 0.725. The van der Waals surface area contributed by atoms with Crippen molar-refractivity contribution in [1.82, 2.24) is 5.16 Å². The number of carboxylic acid groups (broad SMARTS) is 1. The van der Waals surface area contributed by atoms with E-state index in [2.05, 4.69) is 9.68 Å². The summed E-state index contributed by atoms with van der Waals surface area (Å²) in [7, 11) is 0. The minimum absolute atomic E-state index is 0.0602. The molecule has 6 heteroatoms. The maximum atomic E-state index is 10.3. The van der Waals surface area contributed by atoms with E-state index < -0.39 is 5.97 Å². The third-order valence-corrected chi connectivity index (χ3v) is 2.11. The van der Waals surface area contributed by atoms with Gasteiger partial charge in [-0.2, -0.15) is 0 Å². The highest BCUT2D eigenvalue weighted by molar-refractivity contribution is 7.98. The third kappa shape index (κ3) is 1.49. The molecule has 1 N–H and O–H groups in total. The molecular formula is C5H4ClNO3S. The molecule has 1 rings (SSSR count). The molecule has 0 aliphatic heterocycles. The summed E-state index contributed by atoms with van der Waals surface area (Å²) in [6.45, 7) is 0. The number of thioether (sulfide) groups is 1. The van der Waals surface area contributed by atoms with E-state index in [9.17, 15) is 4.79 Å². The van der Waals surface area contributed by atoms with Crippen molar-refractivity contribution in [2.24, 2.45) is 0 Å². The van der Waals surface area contributed by atoms with Crippen molar-refractivity contribution in [1.29, 1.82) is 0 Å². The first-order valence-corrected chi connectivity index (χ1v) is 4.19. The SMILES string of the molecule is CSc1onc(C(=O)O)c1Cl. The number of carbonyl (C=O) groups is 1. The molecule has 0 saturated heterocycles. The van der Waals surface area contributed by atoms with E-state index >= 15 is 0 Å².